The Morgan fingerprint density at radius 1 is 1.23 bits per heavy atom. The Bertz CT molecular complexity index is 651. The first kappa shape index (κ1) is 15.8. The topological polar surface area (TPSA) is 83.7 Å². The number of hydrogen-bond donors (Lipinski definition) is 2. The lowest BCUT2D eigenvalue weighted by molar-refractivity contribution is -0.139. The summed E-state index contributed by atoms with van der Waals surface area (Å²) in [5.41, 5.74) is 3.00. The molecule has 6 nitrogen and oxygen atoms in total. The monoisotopic (exact) mass is 317 g/mol. The van der Waals surface area contributed by atoms with Gasteiger partial charge in [-0.25, -0.2) is 5.43 Å². The van der Waals surface area contributed by atoms with Gasteiger partial charge in [0.05, 0.1) is 19.0 Å². The van der Waals surface area contributed by atoms with Crippen molar-refractivity contribution in [3.05, 3.63) is 54.0 Å². The van der Waals surface area contributed by atoms with Crippen LogP contribution in [-0.2, 0) is 16.1 Å². The molecule has 2 aromatic rings. The summed E-state index contributed by atoms with van der Waals surface area (Å²) in [6.45, 7) is 0.152. The van der Waals surface area contributed by atoms with Gasteiger partial charge < -0.3 is 9.73 Å². The van der Waals surface area contributed by atoms with E-state index in [1.165, 1.54) is 12.5 Å². The Labute approximate surface area is 132 Å². The molecular formula is C15H15N3O3S. The predicted octanol–water partition coefficient (Wildman–Crippen LogP) is 1.77. The predicted molar refractivity (Wildman–Crippen MR) is 84.5 cm³/mol. The normalized spacial score (nSPS) is 10.6. The maximum atomic E-state index is 11.5. The van der Waals surface area contributed by atoms with Crippen molar-refractivity contribution in [3.63, 3.8) is 0 Å². The van der Waals surface area contributed by atoms with E-state index in [9.17, 15) is 9.59 Å². The number of nitrogens with zero attached hydrogens (tertiary/aromatic N) is 1. The number of furan rings is 1. The van der Waals surface area contributed by atoms with Crippen LogP contribution < -0.4 is 10.7 Å². The smallest absolute Gasteiger partial charge is 0.329 e. The Balaban J connectivity index is 1.78. The van der Waals surface area contributed by atoms with Gasteiger partial charge in [0.25, 0.3) is 0 Å². The van der Waals surface area contributed by atoms with Crippen LogP contribution in [0.4, 0.5) is 0 Å². The van der Waals surface area contributed by atoms with Gasteiger partial charge in [-0.05, 0) is 36.1 Å². The van der Waals surface area contributed by atoms with E-state index in [0.29, 0.717) is 5.76 Å². The fourth-order valence-electron chi connectivity index (χ4n) is 1.57. The van der Waals surface area contributed by atoms with Crippen molar-refractivity contribution < 1.29 is 14.0 Å². The van der Waals surface area contributed by atoms with E-state index in [1.54, 1.807) is 23.9 Å². The molecule has 22 heavy (non-hydrogen) atoms. The van der Waals surface area contributed by atoms with Crippen LogP contribution in [0.15, 0.2) is 57.1 Å². The molecule has 1 aromatic carbocycles. The van der Waals surface area contributed by atoms with Gasteiger partial charge in [-0.15, -0.1) is 11.8 Å². The second-order valence-corrected chi connectivity index (χ2v) is 5.11. The lowest BCUT2D eigenvalue weighted by atomic mass is 10.2. The largest absolute Gasteiger partial charge is 0.467 e. The molecule has 1 aromatic heterocycles. The summed E-state index contributed by atoms with van der Waals surface area (Å²) in [6, 6.07) is 11.0. The van der Waals surface area contributed by atoms with E-state index in [-0.39, 0.29) is 6.54 Å². The van der Waals surface area contributed by atoms with Gasteiger partial charge in [0, 0.05) is 4.90 Å². The first-order valence-electron chi connectivity index (χ1n) is 6.46. The summed E-state index contributed by atoms with van der Waals surface area (Å²) in [7, 11) is 0. The molecule has 2 N–H and O–H groups in total. The molecule has 0 fully saturated rings. The first-order chi connectivity index (χ1) is 10.7. The molecule has 0 bridgehead atoms. The molecule has 0 aliphatic carbocycles. The summed E-state index contributed by atoms with van der Waals surface area (Å²) < 4.78 is 5.04. The average Bonchev–Trinajstić information content (AvgIpc) is 3.06. The van der Waals surface area contributed by atoms with Crippen molar-refractivity contribution in [3.8, 4) is 0 Å². The third-order valence-corrected chi connectivity index (χ3v) is 3.45. The Morgan fingerprint density at radius 2 is 2.00 bits per heavy atom. The molecule has 0 saturated carbocycles. The minimum absolute atomic E-state index is 0.152. The van der Waals surface area contributed by atoms with Crippen LogP contribution in [0, 0.1) is 0 Å². The molecule has 2 rings (SSSR count). The van der Waals surface area contributed by atoms with Gasteiger partial charge >= 0.3 is 11.8 Å². The van der Waals surface area contributed by atoms with Gasteiger partial charge in [-0.3, -0.25) is 9.59 Å². The van der Waals surface area contributed by atoms with Gasteiger partial charge in [-0.2, -0.15) is 5.10 Å². The van der Waals surface area contributed by atoms with E-state index in [0.717, 1.165) is 10.5 Å². The zero-order valence-corrected chi connectivity index (χ0v) is 12.7. The Morgan fingerprint density at radius 3 is 2.64 bits per heavy atom. The molecule has 114 valence electrons. The van der Waals surface area contributed by atoms with Crippen LogP contribution in [0.2, 0.25) is 0 Å². The van der Waals surface area contributed by atoms with Crippen molar-refractivity contribution in [1.82, 2.24) is 10.7 Å². The van der Waals surface area contributed by atoms with Crippen LogP contribution in [-0.4, -0.2) is 24.3 Å². The highest BCUT2D eigenvalue weighted by atomic mass is 32.2. The van der Waals surface area contributed by atoms with Crippen LogP contribution in [0.3, 0.4) is 0 Å². The van der Waals surface area contributed by atoms with Gasteiger partial charge in [0.1, 0.15) is 5.76 Å². The third kappa shape index (κ3) is 4.78. The van der Waals surface area contributed by atoms with E-state index < -0.39 is 11.8 Å². The maximum Gasteiger partial charge on any atom is 0.329 e. The first-order valence-corrected chi connectivity index (χ1v) is 7.69. The molecular weight excluding hydrogens is 302 g/mol. The summed E-state index contributed by atoms with van der Waals surface area (Å²) >= 11 is 1.64. The van der Waals surface area contributed by atoms with E-state index in [1.807, 2.05) is 30.5 Å². The molecule has 0 unspecified atom stereocenters. The molecule has 2 amide bonds. The number of hydrogen-bond acceptors (Lipinski definition) is 5. The molecule has 0 aliphatic rings. The summed E-state index contributed by atoms with van der Waals surface area (Å²) in [4.78, 5) is 24.2. The highest BCUT2D eigenvalue weighted by Gasteiger charge is 2.12. The highest BCUT2D eigenvalue weighted by Crippen LogP contribution is 2.13. The van der Waals surface area contributed by atoms with Crippen molar-refractivity contribution in [2.45, 2.75) is 11.4 Å². The number of benzene rings is 1. The lowest BCUT2D eigenvalue weighted by Gasteiger charge is -2.01. The van der Waals surface area contributed by atoms with E-state index in [2.05, 4.69) is 15.8 Å². The fraction of sp³-hybridized carbons (Fsp3) is 0.133. The number of carbonyl (C=O) groups excluding carboxylic acids is 2. The minimum atomic E-state index is -0.830. The quantitative estimate of drug-likeness (QED) is 0.381. The molecule has 1 heterocycles. The number of carbonyl (C=O) groups is 2. The second kappa shape index (κ2) is 8.04. The molecule has 0 saturated heterocycles. The number of amides is 2. The van der Waals surface area contributed by atoms with Crippen molar-refractivity contribution in [2.24, 2.45) is 5.10 Å². The zero-order valence-electron chi connectivity index (χ0n) is 11.9. The SMILES string of the molecule is CSc1ccc(/C=N\NC(=O)C(=O)NCc2ccco2)cc1. The fourth-order valence-corrected chi connectivity index (χ4v) is 1.98. The standard InChI is InChI=1S/C15H15N3O3S/c1-22-13-6-4-11(5-7-13)9-17-18-15(20)14(19)16-10-12-3-2-8-21-12/h2-9H,10H2,1H3,(H,16,19)(H,18,20)/b17-9-. The third-order valence-electron chi connectivity index (χ3n) is 2.71. The number of thioether (sulfide) groups is 1. The van der Waals surface area contributed by atoms with Gasteiger partial charge in [-0.1, -0.05) is 12.1 Å². The minimum Gasteiger partial charge on any atom is -0.467 e. The van der Waals surface area contributed by atoms with Crippen LogP contribution in [0.25, 0.3) is 0 Å². The van der Waals surface area contributed by atoms with Crippen LogP contribution in [0.1, 0.15) is 11.3 Å². The number of nitrogens with one attached hydrogen (secondary N) is 2. The van der Waals surface area contributed by atoms with Crippen molar-refractivity contribution in [1.29, 1.82) is 0 Å². The second-order valence-electron chi connectivity index (χ2n) is 4.23. The average molecular weight is 317 g/mol. The Kier molecular flexibility index (Phi) is 5.79. The van der Waals surface area contributed by atoms with Gasteiger partial charge in [0.15, 0.2) is 0 Å². The summed E-state index contributed by atoms with van der Waals surface area (Å²) in [5, 5.41) is 6.17. The molecule has 0 radical (unpaired) electrons. The maximum absolute atomic E-state index is 11.5. The lowest BCUT2D eigenvalue weighted by Crippen LogP contribution is -2.37. The zero-order chi connectivity index (χ0) is 15.8. The van der Waals surface area contributed by atoms with Crippen molar-refractivity contribution >= 4 is 29.8 Å². The van der Waals surface area contributed by atoms with Gasteiger partial charge in [0.2, 0.25) is 0 Å². The number of hydrazone groups is 1. The van der Waals surface area contributed by atoms with Crippen molar-refractivity contribution in [2.75, 3.05) is 6.26 Å². The summed E-state index contributed by atoms with van der Waals surface area (Å²) in [5.74, 6) is -1.03. The Hall–Kier alpha value is -2.54. The highest BCUT2D eigenvalue weighted by molar-refractivity contribution is 7.98. The van der Waals surface area contributed by atoms with Crippen LogP contribution in [0.5, 0.6) is 0 Å². The van der Waals surface area contributed by atoms with E-state index >= 15 is 0 Å². The molecule has 0 atom stereocenters. The molecule has 7 heteroatoms. The summed E-state index contributed by atoms with van der Waals surface area (Å²) in [6.07, 6.45) is 4.96. The molecule has 0 aliphatic heterocycles. The molecule has 0 spiro atoms. The number of rotatable bonds is 5. The van der Waals surface area contributed by atoms with Crippen LogP contribution >= 0.6 is 11.8 Å². The van der Waals surface area contributed by atoms with E-state index in [4.69, 9.17) is 4.42 Å².